The monoisotopic (exact) mass is 130 g/mol. The molecule has 1 aliphatic heterocycles. The second-order valence-corrected chi connectivity index (χ2v) is 2.83. The third-order valence-electron chi connectivity index (χ3n) is 2.50. The third-order valence-corrected chi connectivity index (χ3v) is 2.50. The van der Waals surface area contributed by atoms with E-state index in [9.17, 15) is 0 Å². The SMILES string of the molecule is CCC1(CO)COC1C. The van der Waals surface area contributed by atoms with Gasteiger partial charge in [-0.1, -0.05) is 6.92 Å². The Morgan fingerprint density at radius 3 is 2.44 bits per heavy atom. The molecule has 9 heavy (non-hydrogen) atoms. The summed E-state index contributed by atoms with van der Waals surface area (Å²) >= 11 is 0. The van der Waals surface area contributed by atoms with Gasteiger partial charge in [0.15, 0.2) is 0 Å². The Hall–Kier alpha value is -0.0800. The lowest BCUT2D eigenvalue weighted by Gasteiger charge is -2.45. The minimum absolute atomic E-state index is 0.0972. The van der Waals surface area contributed by atoms with Crippen molar-refractivity contribution >= 4 is 0 Å². The van der Waals surface area contributed by atoms with Gasteiger partial charge in [-0.2, -0.15) is 0 Å². The molecule has 2 nitrogen and oxygen atoms in total. The summed E-state index contributed by atoms with van der Waals surface area (Å²) in [6.07, 6.45) is 1.28. The van der Waals surface area contributed by atoms with E-state index in [1.54, 1.807) is 0 Å². The van der Waals surface area contributed by atoms with Crippen molar-refractivity contribution in [3.8, 4) is 0 Å². The number of aliphatic hydroxyl groups excluding tert-OH is 1. The van der Waals surface area contributed by atoms with Gasteiger partial charge in [0.25, 0.3) is 0 Å². The molecule has 1 saturated heterocycles. The van der Waals surface area contributed by atoms with Crippen molar-refractivity contribution in [3.05, 3.63) is 0 Å². The first kappa shape index (κ1) is 7.03. The van der Waals surface area contributed by atoms with Gasteiger partial charge in [-0.3, -0.25) is 0 Å². The zero-order chi connectivity index (χ0) is 6.91. The first-order valence-electron chi connectivity index (χ1n) is 3.47. The summed E-state index contributed by atoms with van der Waals surface area (Å²) in [7, 11) is 0. The molecule has 0 amide bonds. The molecule has 0 aromatic carbocycles. The van der Waals surface area contributed by atoms with E-state index in [1.165, 1.54) is 0 Å². The van der Waals surface area contributed by atoms with E-state index in [2.05, 4.69) is 6.92 Å². The lowest BCUT2D eigenvalue weighted by atomic mass is 9.77. The van der Waals surface area contributed by atoms with Crippen LogP contribution in [0.25, 0.3) is 0 Å². The number of hydrogen-bond acceptors (Lipinski definition) is 2. The van der Waals surface area contributed by atoms with Crippen molar-refractivity contribution < 1.29 is 9.84 Å². The molecule has 2 unspecified atom stereocenters. The van der Waals surface area contributed by atoms with Crippen LogP contribution in [0, 0.1) is 5.41 Å². The predicted molar refractivity (Wildman–Crippen MR) is 35.2 cm³/mol. The Kier molecular flexibility index (Phi) is 1.78. The van der Waals surface area contributed by atoms with Gasteiger partial charge in [0.2, 0.25) is 0 Å². The van der Waals surface area contributed by atoms with Crippen molar-refractivity contribution in [2.24, 2.45) is 5.41 Å². The van der Waals surface area contributed by atoms with E-state index >= 15 is 0 Å². The lowest BCUT2D eigenvalue weighted by molar-refractivity contribution is -0.196. The second-order valence-electron chi connectivity index (χ2n) is 2.83. The maximum Gasteiger partial charge on any atom is 0.0647 e. The molecule has 0 radical (unpaired) electrons. The van der Waals surface area contributed by atoms with Gasteiger partial charge in [0.1, 0.15) is 0 Å². The molecule has 0 spiro atoms. The number of rotatable bonds is 2. The molecule has 1 fully saturated rings. The highest BCUT2D eigenvalue weighted by Gasteiger charge is 2.43. The largest absolute Gasteiger partial charge is 0.396 e. The summed E-state index contributed by atoms with van der Waals surface area (Å²) in [5, 5.41) is 8.93. The highest BCUT2D eigenvalue weighted by molar-refractivity contribution is 4.90. The average Bonchev–Trinajstić information content (AvgIpc) is 1.89. The highest BCUT2D eigenvalue weighted by atomic mass is 16.5. The Labute approximate surface area is 55.8 Å². The summed E-state index contributed by atoms with van der Waals surface area (Å²) in [5.74, 6) is 0. The summed E-state index contributed by atoms with van der Waals surface area (Å²) in [5.41, 5.74) is 0.0972. The average molecular weight is 130 g/mol. The third kappa shape index (κ3) is 0.864. The van der Waals surface area contributed by atoms with Gasteiger partial charge in [-0.25, -0.2) is 0 Å². The van der Waals surface area contributed by atoms with E-state index < -0.39 is 0 Å². The highest BCUT2D eigenvalue weighted by Crippen LogP contribution is 2.37. The Morgan fingerprint density at radius 1 is 1.78 bits per heavy atom. The quantitative estimate of drug-likeness (QED) is 0.599. The van der Waals surface area contributed by atoms with Crippen molar-refractivity contribution in [1.82, 2.24) is 0 Å². The fraction of sp³-hybridized carbons (Fsp3) is 1.00. The molecule has 0 aromatic rings. The molecule has 2 heteroatoms. The minimum atomic E-state index is 0.0972. The van der Waals surface area contributed by atoms with E-state index in [1.807, 2.05) is 6.92 Å². The Bertz CT molecular complexity index is 91.6. The lowest BCUT2D eigenvalue weighted by Crippen LogP contribution is -2.52. The molecular weight excluding hydrogens is 116 g/mol. The molecule has 54 valence electrons. The zero-order valence-corrected chi connectivity index (χ0v) is 6.05. The van der Waals surface area contributed by atoms with Gasteiger partial charge in [-0.05, 0) is 13.3 Å². The summed E-state index contributed by atoms with van der Waals surface area (Å²) < 4.78 is 5.17. The molecule has 1 aliphatic rings. The fourth-order valence-electron chi connectivity index (χ4n) is 1.16. The van der Waals surface area contributed by atoms with Crippen LogP contribution in [0.5, 0.6) is 0 Å². The van der Waals surface area contributed by atoms with Gasteiger partial charge in [-0.15, -0.1) is 0 Å². The fourth-order valence-corrected chi connectivity index (χ4v) is 1.16. The molecule has 0 aromatic heterocycles. The van der Waals surface area contributed by atoms with Gasteiger partial charge < -0.3 is 9.84 Å². The van der Waals surface area contributed by atoms with Gasteiger partial charge in [0.05, 0.1) is 19.3 Å². The van der Waals surface area contributed by atoms with Crippen LogP contribution in [-0.2, 0) is 4.74 Å². The molecule has 0 saturated carbocycles. The van der Waals surface area contributed by atoms with Crippen LogP contribution in [0.2, 0.25) is 0 Å². The van der Waals surface area contributed by atoms with E-state index in [0.717, 1.165) is 13.0 Å². The van der Waals surface area contributed by atoms with E-state index in [0.29, 0.717) is 0 Å². The molecule has 2 atom stereocenters. The topological polar surface area (TPSA) is 29.5 Å². The standard InChI is InChI=1S/C7H14O2/c1-3-7(4-8)5-9-6(7)2/h6,8H,3-5H2,1-2H3. The van der Waals surface area contributed by atoms with Crippen LogP contribution in [0.3, 0.4) is 0 Å². The van der Waals surface area contributed by atoms with E-state index in [-0.39, 0.29) is 18.1 Å². The van der Waals surface area contributed by atoms with Crippen molar-refractivity contribution in [2.75, 3.05) is 13.2 Å². The summed E-state index contributed by atoms with van der Waals surface area (Å²) in [6, 6.07) is 0. The summed E-state index contributed by atoms with van der Waals surface area (Å²) in [4.78, 5) is 0. The van der Waals surface area contributed by atoms with Crippen LogP contribution < -0.4 is 0 Å². The first-order chi connectivity index (χ1) is 4.25. The molecule has 0 bridgehead atoms. The molecule has 1 rings (SSSR count). The van der Waals surface area contributed by atoms with Crippen molar-refractivity contribution in [3.63, 3.8) is 0 Å². The molecule has 0 aliphatic carbocycles. The van der Waals surface area contributed by atoms with Crippen LogP contribution >= 0.6 is 0 Å². The number of hydrogen-bond donors (Lipinski definition) is 1. The minimum Gasteiger partial charge on any atom is -0.396 e. The van der Waals surface area contributed by atoms with Crippen LogP contribution in [0.1, 0.15) is 20.3 Å². The van der Waals surface area contributed by atoms with Crippen LogP contribution in [-0.4, -0.2) is 24.4 Å². The smallest absolute Gasteiger partial charge is 0.0647 e. The maximum atomic E-state index is 8.93. The molecular formula is C7H14O2. The Balaban J connectivity index is 2.48. The molecule has 1 N–H and O–H groups in total. The number of ether oxygens (including phenoxy) is 1. The van der Waals surface area contributed by atoms with Crippen LogP contribution in [0.15, 0.2) is 0 Å². The van der Waals surface area contributed by atoms with Crippen molar-refractivity contribution in [1.29, 1.82) is 0 Å². The van der Waals surface area contributed by atoms with Crippen molar-refractivity contribution in [2.45, 2.75) is 26.4 Å². The first-order valence-corrected chi connectivity index (χ1v) is 3.47. The second kappa shape index (κ2) is 2.27. The molecule has 1 heterocycles. The zero-order valence-electron chi connectivity index (χ0n) is 6.05. The summed E-state index contributed by atoms with van der Waals surface area (Å²) in [6.45, 7) is 5.12. The van der Waals surface area contributed by atoms with Gasteiger partial charge >= 0.3 is 0 Å². The Morgan fingerprint density at radius 2 is 2.44 bits per heavy atom. The predicted octanol–water partition coefficient (Wildman–Crippen LogP) is 0.794. The number of aliphatic hydroxyl groups is 1. The van der Waals surface area contributed by atoms with E-state index in [4.69, 9.17) is 9.84 Å². The van der Waals surface area contributed by atoms with Gasteiger partial charge in [0, 0.05) is 5.41 Å². The normalized spacial score (nSPS) is 42.3. The van der Waals surface area contributed by atoms with Crippen LogP contribution in [0.4, 0.5) is 0 Å². The maximum absolute atomic E-state index is 8.93.